The molecule has 12 heavy (non-hydrogen) atoms. The maximum atomic E-state index is 10.7. The first-order valence-electron chi connectivity index (χ1n) is 4.01. The number of nitrogens with one attached hydrogen (secondary N) is 1. The number of halogens is 1. The summed E-state index contributed by atoms with van der Waals surface area (Å²) in [7, 11) is 1.72. The lowest BCUT2D eigenvalue weighted by atomic mass is 9.99. The highest BCUT2D eigenvalue weighted by Crippen LogP contribution is 2.29. The van der Waals surface area contributed by atoms with E-state index in [2.05, 4.69) is 16.9 Å². The van der Waals surface area contributed by atoms with Crippen LogP contribution in [0.4, 0.5) is 0 Å². The van der Waals surface area contributed by atoms with Crippen molar-refractivity contribution in [2.45, 2.75) is 31.2 Å². The summed E-state index contributed by atoms with van der Waals surface area (Å²) < 4.78 is 0. The number of likely N-dealkylation sites (N-methyl/N-ethyl adjacent to an activating group) is 1. The van der Waals surface area contributed by atoms with E-state index in [0.29, 0.717) is 0 Å². The van der Waals surface area contributed by atoms with E-state index in [0.717, 1.165) is 25.7 Å². The van der Waals surface area contributed by atoms with Crippen molar-refractivity contribution in [3.8, 4) is 0 Å². The summed E-state index contributed by atoms with van der Waals surface area (Å²) in [4.78, 5) is 10.7. The van der Waals surface area contributed by atoms with Gasteiger partial charge in [-0.2, -0.15) is 0 Å². The van der Waals surface area contributed by atoms with Crippen LogP contribution in [0.1, 0.15) is 25.7 Å². The van der Waals surface area contributed by atoms with Crippen molar-refractivity contribution < 1.29 is 9.90 Å². The van der Waals surface area contributed by atoms with Crippen LogP contribution in [0.25, 0.3) is 0 Å². The Morgan fingerprint density at radius 2 is 1.83 bits per heavy atom. The predicted molar refractivity (Wildman–Crippen MR) is 49.7 cm³/mol. The highest BCUT2D eigenvalue weighted by atomic mass is 35.5. The molecule has 0 bridgehead atoms. The van der Waals surface area contributed by atoms with Crippen molar-refractivity contribution >= 4 is 17.6 Å². The van der Waals surface area contributed by atoms with Gasteiger partial charge in [0.05, 0.1) is 0 Å². The minimum atomic E-state index is -0.701. The Morgan fingerprint density at radius 1 is 1.42 bits per heavy atom. The third-order valence-electron chi connectivity index (χ3n) is 2.35. The summed E-state index contributed by atoms with van der Waals surface area (Å²) in [5.74, 6) is -0.701. The van der Waals surface area contributed by atoms with Crippen LogP contribution in [0.5, 0.6) is 0 Å². The number of carbonyl (C=O) groups is 1. The number of carboxylic acid groups (broad SMARTS) is 1. The fourth-order valence-electron chi connectivity index (χ4n) is 1.55. The van der Waals surface area contributed by atoms with E-state index in [1.165, 1.54) is 6.38 Å². The molecule has 1 fully saturated rings. The Morgan fingerprint density at radius 3 is 2.00 bits per heavy atom. The molecule has 1 rings (SSSR count). The first-order valence-corrected chi connectivity index (χ1v) is 4.77. The fraction of sp³-hybridized carbons (Fsp3) is 0.875. The number of rotatable bonds is 2. The molecule has 0 amide bonds. The average molecular weight is 194 g/mol. The number of carboxylic acids is 1. The summed E-state index contributed by atoms with van der Waals surface area (Å²) in [6, 6.07) is 0. The van der Waals surface area contributed by atoms with Crippen LogP contribution >= 0.6 is 11.6 Å². The molecule has 0 unspecified atom stereocenters. The Balaban J connectivity index is 0.000000561. The summed E-state index contributed by atoms with van der Waals surface area (Å²) >= 11 is 4.64. The van der Waals surface area contributed by atoms with Gasteiger partial charge in [-0.3, -0.25) is 4.79 Å². The molecular weight excluding hydrogens is 178 g/mol. The van der Waals surface area contributed by atoms with E-state index >= 15 is 0 Å². The SMILES string of the molecule is CCl.CNC1(C(=O)O)CCCC1. The third kappa shape index (κ3) is 2.35. The van der Waals surface area contributed by atoms with Crippen molar-refractivity contribution in [1.82, 2.24) is 5.32 Å². The van der Waals surface area contributed by atoms with Crippen molar-refractivity contribution in [1.29, 1.82) is 0 Å². The zero-order chi connectivity index (χ0) is 9.61. The standard InChI is InChI=1S/C7H13NO2.CH3Cl/c1-8-7(6(9)10)4-2-3-5-7;1-2/h8H,2-5H2,1H3,(H,9,10);1H3. The quantitative estimate of drug-likeness (QED) is 0.653. The van der Waals surface area contributed by atoms with Gasteiger partial charge in [-0.25, -0.2) is 0 Å². The van der Waals surface area contributed by atoms with E-state index in [9.17, 15) is 4.79 Å². The molecule has 2 N–H and O–H groups in total. The van der Waals surface area contributed by atoms with Gasteiger partial charge in [0.25, 0.3) is 0 Å². The number of alkyl halides is 1. The van der Waals surface area contributed by atoms with Crippen LogP contribution < -0.4 is 5.32 Å². The third-order valence-corrected chi connectivity index (χ3v) is 2.35. The summed E-state index contributed by atoms with van der Waals surface area (Å²) in [5.41, 5.74) is -0.597. The average Bonchev–Trinajstić information content (AvgIpc) is 2.57. The van der Waals surface area contributed by atoms with Crippen molar-refractivity contribution in [2.24, 2.45) is 0 Å². The van der Waals surface area contributed by atoms with Gasteiger partial charge in [-0.1, -0.05) is 12.8 Å². The Bertz CT molecular complexity index is 144. The first kappa shape index (κ1) is 11.7. The summed E-state index contributed by atoms with van der Waals surface area (Å²) in [6.45, 7) is 0. The fourth-order valence-corrected chi connectivity index (χ4v) is 1.55. The van der Waals surface area contributed by atoms with Crippen molar-refractivity contribution in [3.63, 3.8) is 0 Å². The first-order chi connectivity index (χ1) is 5.71. The van der Waals surface area contributed by atoms with Gasteiger partial charge < -0.3 is 10.4 Å². The molecule has 4 heteroatoms. The molecular formula is C8H16ClNO2. The molecule has 1 aliphatic rings. The summed E-state index contributed by atoms with van der Waals surface area (Å²) in [6.07, 6.45) is 5.10. The van der Waals surface area contributed by atoms with Gasteiger partial charge in [0.15, 0.2) is 0 Å². The van der Waals surface area contributed by atoms with E-state index < -0.39 is 11.5 Å². The predicted octanol–water partition coefficient (Wildman–Crippen LogP) is 1.46. The Kier molecular flexibility index (Phi) is 5.25. The lowest BCUT2D eigenvalue weighted by Gasteiger charge is -2.22. The molecule has 0 aromatic carbocycles. The smallest absolute Gasteiger partial charge is 0.323 e. The highest BCUT2D eigenvalue weighted by Gasteiger charge is 2.39. The van der Waals surface area contributed by atoms with Gasteiger partial charge >= 0.3 is 5.97 Å². The largest absolute Gasteiger partial charge is 0.480 e. The molecule has 0 spiro atoms. The Labute approximate surface area is 78.1 Å². The molecule has 0 atom stereocenters. The normalized spacial score (nSPS) is 19.6. The minimum Gasteiger partial charge on any atom is -0.480 e. The van der Waals surface area contributed by atoms with Crippen LogP contribution in [0, 0.1) is 0 Å². The zero-order valence-electron chi connectivity index (χ0n) is 7.56. The van der Waals surface area contributed by atoms with Crippen LogP contribution in [0.15, 0.2) is 0 Å². The molecule has 0 aromatic heterocycles. The number of hydrogen-bond donors (Lipinski definition) is 2. The molecule has 1 saturated carbocycles. The molecule has 0 radical (unpaired) electrons. The lowest BCUT2D eigenvalue weighted by Crippen LogP contribution is -2.47. The summed E-state index contributed by atoms with van der Waals surface area (Å²) in [5, 5.41) is 11.7. The van der Waals surface area contributed by atoms with Gasteiger partial charge in [0.2, 0.25) is 0 Å². The zero-order valence-corrected chi connectivity index (χ0v) is 8.32. The monoisotopic (exact) mass is 193 g/mol. The minimum absolute atomic E-state index is 0.597. The second-order valence-corrected chi connectivity index (χ2v) is 2.84. The van der Waals surface area contributed by atoms with E-state index in [4.69, 9.17) is 5.11 Å². The molecule has 1 aliphatic carbocycles. The van der Waals surface area contributed by atoms with Crippen molar-refractivity contribution in [2.75, 3.05) is 13.4 Å². The van der Waals surface area contributed by atoms with E-state index in [-0.39, 0.29) is 0 Å². The van der Waals surface area contributed by atoms with Gasteiger partial charge in [-0.05, 0) is 19.9 Å². The maximum Gasteiger partial charge on any atom is 0.323 e. The van der Waals surface area contributed by atoms with Crippen LogP contribution in [-0.2, 0) is 4.79 Å². The number of hydrogen-bond acceptors (Lipinski definition) is 2. The molecule has 0 aromatic rings. The van der Waals surface area contributed by atoms with Gasteiger partial charge in [0, 0.05) is 6.38 Å². The van der Waals surface area contributed by atoms with E-state index in [1.54, 1.807) is 7.05 Å². The van der Waals surface area contributed by atoms with Crippen LogP contribution in [0.3, 0.4) is 0 Å². The van der Waals surface area contributed by atoms with Gasteiger partial charge in [-0.15, -0.1) is 11.6 Å². The van der Waals surface area contributed by atoms with Crippen LogP contribution in [-0.4, -0.2) is 30.0 Å². The molecule has 3 nitrogen and oxygen atoms in total. The van der Waals surface area contributed by atoms with Gasteiger partial charge in [0.1, 0.15) is 5.54 Å². The maximum absolute atomic E-state index is 10.7. The lowest BCUT2D eigenvalue weighted by molar-refractivity contribution is -0.144. The molecule has 0 saturated heterocycles. The van der Waals surface area contributed by atoms with E-state index in [1.807, 2.05) is 0 Å². The molecule has 0 aliphatic heterocycles. The number of aliphatic carboxylic acids is 1. The Hall–Kier alpha value is -0.280. The second kappa shape index (κ2) is 5.38. The topological polar surface area (TPSA) is 49.3 Å². The highest BCUT2D eigenvalue weighted by molar-refractivity contribution is 6.15. The molecule has 0 heterocycles. The molecule has 72 valence electrons. The second-order valence-electron chi connectivity index (χ2n) is 2.84. The van der Waals surface area contributed by atoms with Crippen LogP contribution in [0.2, 0.25) is 0 Å². The van der Waals surface area contributed by atoms with Crippen molar-refractivity contribution in [3.05, 3.63) is 0 Å².